The average Bonchev–Trinajstić information content (AvgIpc) is 2.85. The Morgan fingerprint density at radius 1 is 1.53 bits per heavy atom. The summed E-state index contributed by atoms with van der Waals surface area (Å²) < 4.78 is 1.15. The van der Waals surface area contributed by atoms with Crippen LogP contribution in [-0.2, 0) is 11.3 Å². The number of hydrogen-bond acceptors (Lipinski definition) is 2. The molecule has 1 heterocycles. The average molecular weight is 325 g/mol. The quantitative estimate of drug-likeness (QED) is 0.923. The predicted octanol–water partition coefficient (Wildman–Crippen LogP) is 2.86. The van der Waals surface area contributed by atoms with Gasteiger partial charge in [0, 0.05) is 36.6 Å². The van der Waals surface area contributed by atoms with E-state index in [2.05, 4.69) is 46.4 Å². The first-order chi connectivity index (χ1) is 9.10. The minimum atomic E-state index is 0.265. The molecule has 104 valence electrons. The first-order valence-corrected chi connectivity index (χ1v) is 7.65. The highest BCUT2D eigenvalue weighted by atomic mass is 79.9. The monoisotopic (exact) mass is 324 g/mol. The highest BCUT2D eigenvalue weighted by Gasteiger charge is 2.24. The molecule has 3 nitrogen and oxygen atoms in total. The van der Waals surface area contributed by atoms with Crippen molar-refractivity contribution in [2.75, 3.05) is 13.1 Å². The lowest BCUT2D eigenvalue weighted by atomic mass is 10.1. The number of hydrogen-bond donors (Lipinski definition) is 1. The van der Waals surface area contributed by atoms with Gasteiger partial charge >= 0.3 is 0 Å². The molecule has 1 fully saturated rings. The zero-order valence-electron chi connectivity index (χ0n) is 11.6. The van der Waals surface area contributed by atoms with Gasteiger partial charge in [-0.25, -0.2) is 0 Å². The molecule has 1 amide bonds. The number of carbonyl (C=O) groups excluding carboxylic acids is 1. The van der Waals surface area contributed by atoms with Crippen molar-refractivity contribution in [3.05, 3.63) is 33.8 Å². The van der Waals surface area contributed by atoms with E-state index in [4.69, 9.17) is 0 Å². The lowest BCUT2D eigenvalue weighted by Gasteiger charge is -2.16. The normalized spacial score (nSPS) is 18.9. The van der Waals surface area contributed by atoms with Gasteiger partial charge in [0.15, 0.2) is 0 Å². The first-order valence-electron chi connectivity index (χ1n) is 6.86. The minimum absolute atomic E-state index is 0.265. The minimum Gasteiger partial charge on any atom is -0.341 e. The number of amides is 1. The van der Waals surface area contributed by atoms with Gasteiger partial charge < -0.3 is 10.2 Å². The molecule has 1 atom stereocenters. The number of benzene rings is 1. The van der Waals surface area contributed by atoms with Crippen molar-refractivity contribution in [3.8, 4) is 0 Å². The van der Waals surface area contributed by atoms with Crippen LogP contribution in [0.2, 0.25) is 0 Å². The van der Waals surface area contributed by atoms with E-state index in [0.29, 0.717) is 12.5 Å². The lowest BCUT2D eigenvalue weighted by Crippen LogP contribution is -2.34. The van der Waals surface area contributed by atoms with Crippen LogP contribution in [0, 0.1) is 6.92 Å². The van der Waals surface area contributed by atoms with E-state index in [1.165, 1.54) is 11.1 Å². The van der Waals surface area contributed by atoms with Crippen molar-refractivity contribution in [2.24, 2.45) is 0 Å². The van der Waals surface area contributed by atoms with Gasteiger partial charge in [0.1, 0.15) is 0 Å². The van der Waals surface area contributed by atoms with Crippen LogP contribution in [0.3, 0.4) is 0 Å². The van der Waals surface area contributed by atoms with Gasteiger partial charge in [-0.2, -0.15) is 0 Å². The molecule has 0 aliphatic carbocycles. The molecule has 4 heteroatoms. The van der Waals surface area contributed by atoms with Crippen LogP contribution >= 0.6 is 15.9 Å². The van der Waals surface area contributed by atoms with Crippen molar-refractivity contribution >= 4 is 21.8 Å². The molecule has 0 aromatic heterocycles. The summed E-state index contributed by atoms with van der Waals surface area (Å²) in [4.78, 5) is 13.6. The second-order valence-corrected chi connectivity index (χ2v) is 6.01. The van der Waals surface area contributed by atoms with Crippen LogP contribution in [0.25, 0.3) is 0 Å². The second kappa shape index (κ2) is 6.53. The SMILES string of the molecule is CCC(=O)N1CC[C@H](NCc2ccc(C)cc2Br)C1. The van der Waals surface area contributed by atoms with Gasteiger partial charge in [-0.15, -0.1) is 0 Å². The molecule has 0 radical (unpaired) electrons. The standard InChI is InChI=1S/C15H21BrN2O/c1-3-15(19)18-7-6-13(10-18)17-9-12-5-4-11(2)8-14(12)16/h4-5,8,13,17H,3,6-7,9-10H2,1-2H3/t13-/m0/s1. The van der Waals surface area contributed by atoms with E-state index < -0.39 is 0 Å². The number of carbonyl (C=O) groups is 1. The maximum Gasteiger partial charge on any atom is 0.222 e. The molecule has 1 aliphatic heterocycles. The zero-order chi connectivity index (χ0) is 13.8. The maximum atomic E-state index is 11.6. The summed E-state index contributed by atoms with van der Waals surface area (Å²) in [6.07, 6.45) is 1.66. The fourth-order valence-electron chi connectivity index (χ4n) is 2.43. The van der Waals surface area contributed by atoms with E-state index in [-0.39, 0.29) is 5.91 Å². The van der Waals surface area contributed by atoms with Crippen LogP contribution in [0.1, 0.15) is 30.9 Å². The summed E-state index contributed by atoms with van der Waals surface area (Å²) in [6.45, 7) is 6.59. The third-order valence-electron chi connectivity index (χ3n) is 3.63. The molecule has 19 heavy (non-hydrogen) atoms. The molecule has 1 aromatic carbocycles. The Morgan fingerprint density at radius 2 is 2.32 bits per heavy atom. The summed E-state index contributed by atoms with van der Waals surface area (Å²) in [6, 6.07) is 6.84. The first kappa shape index (κ1) is 14.5. The van der Waals surface area contributed by atoms with Gasteiger partial charge in [0.05, 0.1) is 0 Å². The second-order valence-electron chi connectivity index (χ2n) is 5.15. The van der Waals surface area contributed by atoms with Crippen molar-refractivity contribution in [2.45, 2.75) is 39.3 Å². The third-order valence-corrected chi connectivity index (χ3v) is 4.37. The van der Waals surface area contributed by atoms with Crippen molar-refractivity contribution in [1.29, 1.82) is 0 Å². The summed E-state index contributed by atoms with van der Waals surface area (Å²) >= 11 is 3.60. The molecule has 0 bridgehead atoms. The molecule has 1 aromatic rings. The molecular weight excluding hydrogens is 304 g/mol. The summed E-state index contributed by atoms with van der Waals surface area (Å²) in [5.74, 6) is 0.265. The van der Waals surface area contributed by atoms with Crippen LogP contribution in [0.15, 0.2) is 22.7 Å². The molecule has 0 saturated carbocycles. The molecular formula is C15H21BrN2O. The van der Waals surface area contributed by atoms with Crippen LogP contribution in [0.4, 0.5) is 0 Å². The topological polar surface area (TPSA) is 32.3 Å². The number of likely N-dealkylation sites (tertiary alicyclic amines) is 1. The number of aryl methyl sites for hydroxylation is 1. The van der Waals surface area contributed by atoms with Crippen LogP contribution < -0.4 is 5.32 Å². The van der Waals surface area contributed by atoms with E-state index in [1.54, 1.807) is 0 Å². The van der Waals surface area contributed by atoms with Gasteiger partial charge in [-0.3, -0.25) is 4.79 Å². The Bertz CT molecular complexity index is 461. The van der Waals surface area contributed by atoms with E-state index in [9.17, 15) is 4.79 Å². The number of nitrogens with zero attached hydrogens (tertiary/aromatic N) is 1. The highest BCUT2D eigenvalue weighted by molar-refractivity contribution is 9.10. The van der Waals surface area contributed by atoms with E-state index in [1.807, 2.05) is 11.8 Å². The molecule has 1 saturated heterocycles. The maximum absolute atomic E-state index is 11.6. The van der Waals surface area contributed by atoms with Gasteiger partial charge in [0.25, 0.3) is 0 Å². The summed E-state index contributed by atoms with van der Waals surface area (Å²) in [5, 5.41) is 3.54. The Labute approximate surface area is 123 Å². The largest absolute Gasteiger partial charge is 0.341 e. The molecule has 1 aliphatic rings. The number of rotatable bonds is 4. The van der Waals surface area contributed by atoms with Crippen molar-refractivity contribution in [1.82, 2.24) is 10.2 Å². The fourth-order valence-corrected chi connectivity index (χ4v) is 3.06. The molecule has 0 spiro atoms. The Balaban J connectivity index is 1.85. The van der Waals surface area contributed by atoms with Crippen molar-refractivity contribution < 1.29 is 4.79 Å². The Hall–Kier alpha value is -0.870. The zero-order valence-corrected chi connectivity index (χ0v) is 13.2. The van der Waals surface area contributed by atoms with E-state index >= 15 is 0 Å². The Morgan fingerprint density at radius 3 is 3.00 bits per heavy atom. The summed E-state index contributed by atoms with van der Waals surface area (Å²) in [5.41, 5.74) is 2.53. The van der Waals surface area contributed by atoms with Crippen LogP contribution in [-0.4, -0.2) is 29.9 Å². The molecule has 1 N–H and O–H groups in total. The number of halogens is 1. The smallest absolute Gasteiger partial charge is 0.222 e. The highest BCUT2D eigenvalue weighted by Crippen LogP contribution is 2.19. The molecule has 2 rings (SSSR count). The lowest BCUT2D eigenvalue weighted by molar-refractivity contribution is -0.129. The van der Waals surface area contributed by atoms with Gasteiger partial charge in [0.2, 0.25) is 5.91 Å². The van der Waals surface area contributed by atoms with E-state index in [0.717, 1.165) is 30.5 Å². The predicted molar refractivity (Wildman–Crippen MR) is 81.0 cm³/mol. The third kappa shape index (κ3) is 3.80. The van der Waals surface area contributed by atoms with Crippen LogP contribution in [0.5, 0.6) is 0 Å². The molecule has 0 unspecified atom stereocenters. The Kier molecular flexibility index (Phi) is 4.99. The summed E-state index contributed by atoms with van der Waals surface area (Å²) in [7, 11) is 0. The fraction of sp³-hybridized carbons (Fsp3) is 0.533. The number of nitrogens with one attached hydrogen (secondary N) is 1. The van der Waals surface area contributed by atoms with Crippen molar-refractivity contribution in [3.63, 3.8) is 0 Å². The van der Waals surface area contributed by atoms with Gasteiger partial charge in [-0.05, 0) is 30.5 Å². The van der Waals surface area contributed by atoms with Gasteiger partial charge in [-0.1, -0.05) is 35.0 Å².